The number of aryl methyl sites for hydroxylation is 1. The Bertz CT molecular complexity index is 1120. The fraction of sp³-hybridized carbons (Fsp3) is 0.333. The van der Waals surface area contributed by atoms with Crippen molar-refractivity contribution in [2.75, 3.05) is 5.43 Å². The molecule has 27 heavy (non-hydrogen) atoms. The summed E-state index contributed by atoms with van der Waals surface area (Å²) < 4.78 is 17.1. The summed E-state index contributed by atoms with van der Waals surface area (Å²) in [6, 6.07) is 5.87. The summed E-state index contributed by atoms with van der Waals surface area (Å²) in [5.74, 6) is 0.275. The number of hydrogen-bond donors (Lipinski definition) is 1. The topological polar surface area (TPSA) is 86.2 Å². The molecule has 0 aliphatic carbocycles. The number of fused-ring (bicyclic) bond motifs is 1. The normalized spacial score (nSPS) is 11.8. The number of rotatable bonds is 5. The van der Waals surface area contributed by atoms with Crippen LogP contribution in [0.3, 0.4) is 0 Å². The summed E-state index contributed by atoms with van der Waals surface area (Å²) in [6.45, 7) is 4.56. The Hall–Kier alpha value is -3.23. The fourth-order valence-electron chi connectivity index (χ4n) is 2.79. The lowest BCUT2D eigenvalue weighted by atomic mass is 10.2. The van der Waals surface area contributed by atoms with E-state index < -0.39 is 11.2 Å². The molecule has 0 aliphatic heterocycles. The van der Waals surface area contributed by atoms with E-state index in [1.54, 1.807) is 23.7 Å². The highest BCUT2D eigenvalue weighted by atomic mass is 19.1. The number of nitrogens with one attached hydrogen (secondary N) is 1. The lowest BCUT2D eigenvalue weighted by Crippen LogP contribution is -2.37. The van der Waals surface area contributed by atoms with Crippen LogP contribution in [-0.2, 0) is 20.6 Å². The third-order valence-corrected chi connectivity index (χ3v) is 4.14. The largest absolute Gasteiger partial charge is 0.332 e. The number of aromatic nitrogens is 4. The van der Waals surface area contributed by atoms with Crippen LogP contribution in [-0.4, -0.2) is 24.9 Å². The second kappa shape index (κ2) is 7.18. The van der Waals surface area contributed by atoms with Crippen molar-refractivity contribution in [1.82, 2.24) is 18.7 Å². The molecule has 0 spiro atoms. The van der Waals surface area contributed by atoms with Gasteiger partial charge in [0, 0.05) is 20.6 Å². The average Bonchev–Trinajstić information content (AvgIpc) is 2.98. The first-order chi connectivity index (χ1) is 12.8. The quantitative estimate of drug-likeness (QED) is 0.545. The van der Waals surface area contributed by atoms with Crippen LogP contribution in [0.25, 0.3) is 11.2 Å². The van der Waals surface area contributed by atoms with E-state index in [2.05, 4.69) is 15.5 Å². The van der Waals surface area contributed by atoms with Crippen LogP contribution in [0, 0.1) is 11.7 Å². The fourth-order valence-corrected chi connectivity index (χ4v) is 2.79. The van der Waals surface area contributed by atoms with E-state index >= 15 is 0 Å². The highest BCUT2D eigenvalue weighted by molar-refractivity contribution is 5.80. The Kier molecular flexibility index (Phi) is 4.93. The van der Waals surface area contributed by atoms with E-state index in [0.717, 1.165) is 4.57 Å². The maximum atomic E-state index is 13.0. The first-order valence-electron chi connectivity index (χ1n) is 8.50. The van der Waals surface area contributed by atoms with Crippen LogP contribution in [0.1, 0.15) is 19.4 Å². The van der Waals surface area contributed by atoms with Crippen LogP contribution in [0.15, 0.2) is 39.0 Å². The van der Waals surface area contributed by atoms with Crippen LogP contribution in [0.5, 0.6) is 0 Å². The monoisotopic (exact) mass is 372 g/mol. The Balaban J connectivity index is 2.07. The smallest absolute Gasteiger partial charge is 0.303 e. The van der Waals surface area contributed by atoms with Gasteiger partial charge in [0.2, 0.25) is 5.95 Å². The highest BCUT2D eigenvalue weighted by Crippen LogP contribution is 2.17. The molecule has 2 aromatic heterocycles. The lowest BCUT2D eigenvalue weighted by Gasteiger charge is -2.11. The summed E-state index contributed by atoms with van der Waals surface area (Å²) in [4.78, 5) is 29.2. The average molecular weight is 372 g/mol. The van der Waals surface area contributed by atoms with E-state index in [1.165, 1.54) is 30.0 Å². The third kappa shape index (κ3) is 3.53. The minimum absolute atomic E-state index is 0.242. The molecule has 8 nitrogen and oxygen atoms in total. The van der Waals surface area contributed by atoms with Gasteiger partial charge in [0.1, 0.15) is 5.82 Å². The van der Waals surface area contributed by atoms with Crippen molar-refractivity contribution in [3.63, 3.8) is 0 Å². The van der Waals surface area contributed by atoms with Gasteiger partial charge in [-0.15, -0.1) is 0 Å². The summed E-state index contributed by atoms with van der Waals surface area (Å²) >= 11 is 0. The van der Waals surface area contributed by atoms with Crippen molar-refractivity contribution < 1.29 is 4.39 Å². The molecular formula is C18H21FN6O2. The minimum atomic E-state index is -0.442. The molecule has 0 aliphatic rings. The van der Waals surface area contributed by atoms with Crippen molar-refractivity contribution in [2.24, 2.45) is 25.1 Å². The summed E-state index contributed by atoms with van der Waals surface area (Å²) in [6.07, 6.45) is 1.52. The van der Waals surface area contributed by atoms with E-state index in [1.807, 2.05) is 13.8 Å². The van der Waals surface area contributed by atoms with Gasteiger partial charge in [-0.3, -0.25) is 13.9 Å². The Morgan fingerprint density at radius 2 is 1.85 bits per heavy atom. The molecule has 0 unspecified atom stereocenters. The number of anilines is 1. The SMILES string of the molecule is CC(C)Cn1c(N/N=C/c2ccc(F)cc2)nc2c1c(=O)n(C)c(=O)n2C. The number of imidazole rings is 1. The molecule has 0 saturated heterocycles. The zero-order valence-corrected chi connectivity index (χ0v) is 15.6. The van der Waals surface area contributed by atoms with Gasteiger partial charge in [0.15, 0.2) is 11.2 Å². The molecule has 1 N–H and O–H groups in total. The zero-order valence-electron chi connectivity index (χ0n) is 15.6. The molecule has 0 amide bonds. The summed E-state index contributed by atoms with van der Waals surface area (Å²) in [7, 11) is 3.01. The van der Waals surface area contributed by atoms with Crippen LogP contribution in [0.2, 0.25) is 0 Å². The lowest BCUT2D eigenvalue weighted by molar-refractivity contribution is 0.534. The molecule has 1 aromatic carbocycles. The van der Waals surface area contributed by atoms with Crippen LogP contribution < -0.4 is 16.7 Å². The van der Waals surface area contributed by atoms with Crippen molar-refractivity contribution in [3.05, 3.63) is 56.5 Å². The predicted molar refractivity (Wildman–Crippen MR) is 103 cm³/mol. The Morgan fingerprint density at radius 1 is 1.19 bits per heavy atom. The van der Waals surface area contributed by atoms with Crippen LogP contribution >= 0.6 is 0 Å². The standard InChI is InChI=1S/C18H21FN6O2/c1-11(2)10-25-14-15(23(3)18(27)24(4)16(14)26)21-17(25)22-20-9-12-5-7-13(19)8-6-12/h5-9,11H,10H2,1-4H3,(H,21,22)/b20-9+. The van der Waals surface area contributed by atoms with Gasteiger partial charge in [0.05, 0.1) is 6.21 Å². The maximum Gasteiger partial charge on any atom is 0.332 e. The second-order valence-electron chi connectivity index (χ2n) is 6.74. The molecule has 2 heterocycles. The molecule has 0 atom stereocenters. The molecule has 0 saturated carbocycles. The highest BCUT2D eigenvalue weighted by Gasteiger charge is 2.19. The van der Waals surface area contributed by atoms with Crippen molar-refractivity contribution >= 4 is 23.3 Å². The Morgan fingerprint density at radius 3 is 2.48 bits per heavy atom. The van der Waals surface area contributed by atoms with Crippen molar-refractivity contribution in [1.29, 1.82) is 0 Å². The number of hydrazone groups is 1. The number of hydrogen-bond acceptors (Lipinski definition) is 5. The van der Waals surface area contributed by atoms with E-state index in [4.69, 9.17) is 0 Å². The molecule has 142 valence electrons. The predicted octanol–water partition coefficient (Wildman–Crippen LogP) is 1.67. The van der Waals surface area contributed by atoms with E-state index in [9.17, 15) is 14.0 Å². The first kappa shape index (κ1) is 18.6. The van der Waals surface area contributed by atoms with Crippen molar-refractivity contribution in [2.45, 2.75) is 20.4 Å². The van der Waals surface area contributed by atoms with Gasteiger partial charge in [-0.25, -0.2) is 14.6 Å². The summed E-state index contributed by atoms with van der Waals surface area (Å²) in [5, 5.41) is 4.13. The van der Waals surface area contributed by atoms with Gasteiger partial charge >= 0.3 is 5.69 Å². The van der Waals surface area contributed by atoms with Gasteiger partial charge in [0.25, 0.3) is 5.56 Å². The number of nitrogens with zero attached hydrogens (tertiary/aromatic N) is 5. The van der Waals surface area contributed by atoms with Gasteiger partial charge in [-0.1, -0.05) is 26.0 Å². The van der Waals surface area contributed by atoms with Gasteiger partial charge in [-0.05, 0) is 23.6 Å². The molecular weight excluding hydrogens is 351 g/mol. The van der Waals surface area contributed by atoms with E-state index in [0.29, 0.717) is 29.2 Å². The van der Waals surface area contributed by atoms with Gasteiger partial charge in [-0.2, -0.15) is 10.1 Å². The molecule has 0 bridgehead atoms. The maximum absolute atomic E-state index is 13.0. The minimum Gasteiger partial charge on any atom is -0.303 e. The van der Waals surface area contributed by atoms with E-state index in [-0.39, 0.29) is 11.7 Å². The zero-order chi connectivity index (χ0) is 19.7. The second-order valence-corrected chi connectivity index (χ2v) is 6.74. The molecule has 0 radical (unpaired) electrons. The summed E-state index contributed by atoms with van der Waals surface area (Å²) in [5.41, 5.74) is 3.32. The molecule has 3 aromatic rings. The Labute approximate surface area is 154 Å². The first-order valence-corrected chi connectivity index (χ1v) is 8.50. The number of halogens is 1. The molecule has 9 heteroatoms. The third-order valence-electron chi connectivity index (χ3n) is 4.14. The molecule has 0 fully saturated rings. The number of benzene rings is 1. The van der Waals surface area contributed by atoms with Crippen molar-refractivity contribution in [3.8, 4) is 0 Å². The van der Waals surface area contributed by atoms with Gasteiger partial charge < -0.3 is 4.57 Å². The molecule has 3 rings (SSSR count). The van der Waals surface area contributed by atoms with Crippen LogP contribution in [0.4, 0.5) is 10.3 Å².